The van der Waals surface area contributed by atoms with Crippen LogP contribution in [0.2, 0.25) is 0 Å². The number of amides is 2. The molecule has 4 N–H and O–H groups in total. The summed E-state index contributed by atoms with van der Waals surface area (Å²) in [5.74, 6) is -0.777. The Labute approximate surface area is 111 Å². The van der Waals surface area contributed by atoms with Crippen LogP contribution in [0.1, 0.15) is 24.2 Å². The van der Waals surface area contributed by atoms with E-state index in [2.05, 4.69) is 10.6 Å². The van der Waals surface area contributed by atoms with Gasteiger partial charge < -0.3 is 16.4 Å². The Balaban J connectivity index is 2.60. The molecule has 0 unspecified atom stereocenters. The highest BCUT2D eigenvalue weighted by Gasteiger charge is 2.08. The Morgan fingerprint density at radius 1 is 1.22 bits per heavy atom. The average Bonchev–Trinajstić information content (AvgIpc) is 2.29. The Hall–Kier alpha value is -1.95. The van der Waals surface area contributed by atoms with Crippen molar-refractivity contribution < 1.29 is 9.59 Å². The minimum Gasteiger partial charge on any atom is -0.366 e. The van der Waals surface area contributed by atoms with Gasteiger partial charge in [-0.15, -0.1) is 0 Å². The molecule has 96 valence electrons. The van der Waals surface area contributed by atoms with E-state index in [1.165, 1.54) is 0 Å². The summed E-state index contributed by atoms with van der Waals surface area (Å²) in [6.45, 7) is 3.55. The molecule has 0 radical (unpaired) electrons. The largest absolute Gasteiger partial charge is 0.366 e. The van der Waals surface area contributed by atoms with Gasteiger partial charge >= 0.3 is 0 Å². The Bertz CT molecular complexity index is 469. The standard InChI is InChI=1S/C12H15N3O2S/c1-7(2)11(17)15-12(18)14-9-5-3-8(4-6-9)10(13)16/h3-7H,1-2H3,(H2,13,16)(H2,14,15,17,18). The van der Waals surface area contributed by atoms with Crippen LogP contribution in [-0.4, -0.2) is 16.9 Å². The van der Waals surface area contributed by atoms with Gasteiger partial charge in [-0.2, -0.15) is 0 Å². The van der Waals surface area contributed by atoms with E-state index in [4.69, 9.17) is 18.0 Å². The Morgan fingerprint density at radius 3 is 2.22 bits per heavy atom. The number of anilines is 1. The van der Waals surface area contributed by atoms with Crippen molar-refractivity contribution in [1.82, 2.24) is 5.32 Å². The van der Waals surface area contributed by atoms with Crippen molar-refractivity contribution in [2.24, 2.45) is 11.7 Å². The molecule has 0 fully saturated rings. The first kappa shape index (κ1) is 14.1. The van der Waals surface area contributed by atoms with Gasteiger partial charge in [0.25, 0.3) is 0 Å². The highest BCUT2D eigenvalue weighted by Crippen LogP contribution is 2.09. The van der Waals surface area contributed by atoms with Crippen LogP contribution in [0.3, 0.4) is 0 Å². The molecule has 0 aliphatic heterocycles. The minimum absolute atomic E-state index is 0.137. The number of hydrogen-bond donors (Lipinski definition) is 3. The van der Waals surface area contributed by atoms with Crippen molar-refractivity contribution in [3.63, 3.8) is 0 Å². The van der Waals surface area contributed by atoms with Crippen molar-refractivity contribution >= 4 is 34.8 Å². The number of nitrogens with two attached hydrogens (primary N) is 1. The predicted octanol–water partition coefficient (Wildman–Crippen LogP) is 1.25. The zero-order valence-corrected chi connectivity index (χ0v) is 11.0. The minimum atomic E-state index is -0.489. The van der Waals surface area contributed by atoms with Gasteiger partial charge in [0.1, 0.15) is 0 Å². The fraction of sp³-hybridized carbons (Fsp3) is 0.250. The smallest absolute Gasteiger partial charge is 0.248 e. The second-order valence-corrected chi connectivity index (χ2v) is 4.45. The monoisotopic (exact) mass is 265 g/mol. The lowest BCUT2D eigenvalue weighted by Crippen LogP contribution is -2.36. The quantitative estimate of drug-likeness (QED) is 0.718. The van der Waals surface area contributed by atoms with Gasteiger partial charge in [-0.05, 0) is 36.5 Å². The molecule has 0 aliphatic carbocycles. The van der Waals surface area contributed by atoms with Crippen molar-refractivity contribution in [3.8, 4) is 0 Å². The Kier molecular flexibility index (Phi) is 4.79. The van der Waals surface area contributed by atoms with Crippen LogP contribution in [-0.2, 0) is 4.79 Å². The molecule has 18 heavy (non-hydrogen) atoms. The summed E-state index contributed by atoms with van der Waals surface area (Å²) in [5.41, 5.74) is 6.21. The van der Waals surface area contributed by atoms with Crippen LogP contribution in [0.5, 0.6) is 0 Å². The third kappa shape index (κ3) is 4.14. The van der Waals surface area contributed by atoms with E-state index in [0.29, 0.717) is 11.3 Å². The maximum Gasteiger partial charge on any atom is 0.248 e. The Morgan fingerprint density at radius 2 is 1.78 bits per heavy atom. The molecule has 2 amide bonds. The van der Waals surface area contributed by atoms with E-state index in [1.54, 1.807) is 38.1 Å². The van der Waals surface area contributed by atoms with Crippen LogP contribution in [0.4, 0.5) is 5.69 Å². The van der Waals surface area contributed by atoms with E-state index in [9.17, 15) is 9.59 Å². The van der Waals surface area contributed by atoms with E-state index < -0.39 is 5.91 Å². The van der Waals surface area contributed by atoms with Gasteiger partial charge in [0.05, 0.1) is 0 Å². The zero-order valence-electron chi connectivity index (χ0n) is 10.2. The number of nitrogens with one attached hydrogen (secondary N) is 2. The second-order valence-electron chi connectivity index (χ2n) is 4.04. The molecular weight excluding hydrogens is 250 g/mol. The number of thiocarbonyl (C=S) groups is 1. The number of carbonyl (C=O) groups excluding carboxylic acids is 2. The molecule has 1 aromatic rings. The van der Waals surface area contributed by atoms with Gasteiger partial charge in [-0.3, -0.25) is 9.59 Å². The van der Waals surface area contributed by atoms with Gasteiger partial charge in [0, 0.05) is 17.2 Å². The molecule has 0 spiro atoms. The summed E-state index contributed by atoms with van der Waals surface area (Å²) in [6.07, 6.45) is 0. The highest BCUT2D eigenvalue weighted by molar-refractivity contribution is 7.80. The summed E-state index contributed by atoms with van der Waals surface area (Å²) in [6, 6.07) is 6.48. The van der Waals surface area contributed by atoms with E-state index >= 15 is 0 Å². The summed E-state index contributed by atoms with van der Waals surface area (Å²) in [5, 5.41) is 5.62. The second kappa shape index (κ2) is 6.11. The average molecular weight is 265 g/mol. The van der Waals surface area contributed by atoms with E-state index in [1.807, 2.05) is 0 Å². The molecule has 1 aromatic carbocycles. The third-order valence-corrected chi connectivity index (χ3v) is 2.39. The molecular formula is C12H15N3O2S. The van der Waals surface area contributed by atoms with Gasteiger partial charge in [-0.25, -0.2) is 0 Å². The van der Waals surface area contributed by atoms with Crippen LogP contribution < -0.4 is 16.4 Å². The van der Waals surface area contributed by atoms with Crippen LogP contribution in [0, 0.1) is 5.92 Å². The van der Waals surface area contributed by atoms with E-state index in [-0.39, 0.29) is 16.9 Å². The molecule has 1 rings (SSSR count). The molecule has 0 aliphatic rings. The maximum atomic E-state index is 11.4. The topological polar surface area (TPSA) is 84.2 Å². The van der Waals surface area contributed by atoms with Crippen LogP contribution in [0.15, 0.2) is 24.3 Å². The van der Waals surface area contributed by atoms with Gasteiger partial charge in [-0.1, -0.05) is 13.8 Å². The van der Waals surface area contributed by atoms with E-state index in [0.717, 1.165) is 0 Å². The summed E-state index contributed by atoms with van der Waals surface area (Å²) < 4.78 is 0. The third-order valence-electron chi connectivity index (χ3n) is 2.19. The number of carbonyl (C=O) groups is 2. The predicted molar refractivity (Wildman–Crippen MR) is 74.2 cm³/mol. The number of hydrogen-bond acceptors (Lipinski definition) is 3. The summed E-state index contributed by atoms with van der Waals surface area (Å²) in [4.78, 5) is 22.3. The highest BCUT2D eigenvalue weighted by atomic mass is 32.1. The molecule has 0 saturated carbocycles. The molecule has 5 nitrogen and oxygen atoms in total. The van der Waals surface area contributed by atoms with Gasteiger partial charge in [0.2, 0.25) is 11.8 Å². The number of primary amides is 1. The summed E-state index contributed by atoms with van der Waals surface area (Å²) >= 11 is 4.98. The fourth-order valence-electron chi connectivity index (χ4n) is 1.14. The maximum absolute atomic E-state index is 11.4. The fourth-order valence-corrected chi connectivity index (χ4v) is 1.35. The van der Waals surface area contributed by atoms with Crippen molar-refractivity contribution in [1.29, 1.82) is 0 Å². The number of benzene rings is 1. The van der Waals surface area contributed by atoms with Crippen molar-refractivity contribution in [2.45, 2.75) is 13.8 Å². The normalized spacial score (nSPS) is 9.94. The first-order valence-electron chi connectivity index (χ1n) is 5.42. The molecule has 0 bridgehead atoms. The first-order chi connectivity index (χ1) is 8.40. The van der Waals surface area contributed by atoms with Crippen molar-refractivity contribution in [2.75, 3.05) is 5.32 Å². The lowest BCUT2D eigenvalue weighted by atomic mass is 10.2. The summed E-state index contributed by atoms with van der Waals surface area (Å²) in [7, 11) is 0. The molecule has 0 aromatic heterocycles. The molecule has 6 heteroatoms. The lowest BCUT2D eigenvalue weighted by molar-refractivity contribution is -0.122. The number of rotatable bonds is 3. The SMILES string of the molecule is CC(C)C(=O)NC(=S)Nc1ccc(C(N)=O)cc1. The first-order valence-corrected chi connectivity index (χ1v) is 5.82. The molecule has 0 saturated heterocycles. The van der Waals surface area contributed by atoms with Crippen LogP contribution >= 0.6 is 12.2 Å². The molecule has 0 atom stereocenters. The van der Waals surface area contributed by atoms with Gasteiger partial charge in [0.15, 0.2) is 5.11 Å². The lowest BCUT2D eigenvalue weighted by Gasteiger charge is -2.11. The van der Waals surface area contributed by atoms with Crippen LogP contribution in [0.25, 0.3) is 0 Å². The zero-order chi connectivity index (χ0) is 13.7. The molecule has 0 heterocycles. The van der Waals surface area contributed by atoms with Crippen molar-refractivity contribution in [3.05, 3.63) is 29.8 Å².